The number of H-pyrrole nitrogens is 1. The van der Waals surface area contributed by atoms with Gasteiger partial charge in [-0.1, -0.05) is 13.8 Å². The molecule has 0 aromatic carbocycles. The molecule has 12 nitrogen and oxygen atoms in total. The molecule has 0 aliphatic carbocycles. The highest BCUT2D eigenvalue weighted by molar-refractivity contribution is 7.83. The number of carbonyl (C=O) groups is 1. The van der Waals surface area contributed by atoms with Gasteiger partial charge in [0.15, 0.2) is 11.2 Å². The molecular formula is C14H20N6O6S. The van der Waals surface area contributed by atoms with Gasteiger partial charge in [0.05, 0.1) is 12.4 Å². The minimum atomic E-state index is -4.29. The second-order valence-electron chi connectivity index (χ2n) is 6.50. The Morgan fingerprint density at radius 3 is 2.89 bits per heavy atom. The molecule has 2 aromatic rings. The van der Waals surface area contributed by atoms with E-state index in [9.17, 15) is 18.0 Å². The summed E-state index contributed by atoms with van der Waals surface area (Å²) in [5.41, 5.74) is -0.160. The summed E-state index contributed by atoms with van der Waals surface area (Å²) >= 11 is 0. The predicted molar refractivity (Wildman–Crippen MR) is 94.3 cm³/mol. The first-order valence-electron chi connectivity index (χ1n) is 8.29. The van der Waals surface area contributed by atoms with Crippen molar-refractivity contribution in [2.24, 2.45) is 5.92 Å². The van der Waals surface area contributed by atoms with Gasteiger partial charge in [0.2, 0.25) is 11.9 Å². The Balaban J connectivity index is 1.82. The molecule has 3 rings (SSSR count). The van der Waals surface area contributed by atoms with E-state index in [1.807, 2.05) is 4.72 Å². The number of aromatic nitrogens is 4. The fourth-order valence-corrected chi connectivity index (χ4v) is 3.09. The first kappa shape index (κ1) is 19.4. The number of rotatable bonds is 6. The quantitative estimate of drug-likeness (QED) is 0.483. The highest BCUT2D eigenvalue weighted by Gasteiger charge is 2.29. The van der Waals surface area contributed by atoms with Crippen LogP contribution < -0.4 is 15.6 Å². The first-order valence-corrected chi connectivity index (χ1v) is 9.73. The first-order chi connectivity index (χ1) is 12.6. The van der Waals surface area contributed by atoms with Gasteiger partial charge in [0.1, 0.15) is 6.23 Å². The lowest BCUT2D eigenvalue weighted by molar-refractivity contribution is -0.118. The van der Waals surface area contributed by atoms with E-state index in [0.29, 0.717) is 12.8 Å². The van der Waals surface area contributed by atoms with Crippen molar-refractivity contribution in [3.05, 3.63) is 16.7 Å². The number of aromatic amines is 1. The van der Waals surface area contributed by atoms with Crippen molar-refractivity contribution in [2.45, 2.75) is 39.0 Å². The molecule has 2 aromatic heterocycles. The number of carbonyl (C=O) groups excluding carboxylic acids is 1. The Morgan fingerprint density at radius 2 is 2.22 bits per heavy atom. The number of fused-ring (bicyclic) bond motifs is 1. The lowest BCUT2D eigenvalue weighted by Gasteiger charge is -2.15. The van der Waals surface area contributed by atoms with E-state index in [1.54, 1.807) is 18.4 Å². The number of hydrogen-bond donors (Lipinski definition) is 4. The van der Waals surface area contributed by atoms with Crippen LogP contribution in [0.5, 0.6) is 0 Å². The lowest BCUT2D eigenvalue weighted by Crippen LogP contribution is -2.31. The molecule has 4 N–H and O–H groups in total. The molecule has 3 heterocycles. The summed E-state index contributed by atoms with van der Waals surface area (Å²) < 4.78 is 39.6. The van der Waals surface area contributed by atoms with Gasteiger partial charge in [0.25, 0.3) is 5.56 Å². The maximum Gasteiger partial charge on any atom is 0.333 e. The average molecular weight is 400 g/mol. The largest absolute Gasteiger partial charge is 0.353 e. The molecular weight excluding hydrogens is 380 g/mol. The zero-order valence-corrected chi connectivity index (χ0v) is 15.5. The van der Waals surface area contributed by atoms with E-state index in [-0.39, 0.29) is 35.5 Å². The normalized spacial score (nSPS) is 20.4. The molecule has 0 spiro atoms. The summed E-state index contributed by atoms with van der Waals surface area (Å²) in [6, 6.07) is 0. The number of imidazole rings is 1. The second-order valence-corrected chi connectivity index (χ2v) is 7.73. The van der Waals surface area contributed by atoms with Crippen LogP contribution in [0.15, 0.2) is 11.1 Å². The van der Waals surface area contributed by atoms with Crippen molar-refractivity contribution in [2.75, 3.05) is 11.9 Å². The van der Waals surface area contributed by atoms with Crippen LogP contribution in [0, 0.1) is 5.92 Å². The van der Waals surface area contributed by atoms with Gasteiger partial charge in [-0.2, -0.15) is 18.1 Å². The molecule has 2 atom stereocenters. The number of nitrogens with one attached hydrogen (secondary N) is 3. The maximum absolute atomic E-state index is 12.2. The van der Waals surface area contributed by atoms with Gasteiger partial charge >= 0.3 is 10.3 Å². The van der Waals surface area contributed by atoms with Crippen molar-refractivity contribution < 1.29 is 22.5 Å². The summed E-state index contributed by atoms with van der Waals surface area (Å²) in [5, 5.41) is 2.54. The van der Waals surface area contributed by atoms with Crippen LogP contribution in [-0.4, -0.2) is 51.0 Å². The van der Waals surface area contributed by atoms with Gasteiger partial charge in [-0.05, 0) is 12.8 Å². The molecule has 0 radical (unpaired) electrons. The van der Waals surface area contributed by atoms with E-state index >= 15 is 0 Å². The van der Waals surface area contributed by atoms with Crippen LogP contribution in [-0.2, 0) is 19.8 Å². The Morgan fingerprint density at radius 1 is 1.48 bits per heavy atom. The third-order valence-electron chi connectivity index (χ3n) is 4.09. The monoisotopic (exact) mass is 400 g/mol. The molecule has 27 heavy (non-hydrogen) atoms. The number of nitrogens with zero attached hydrogens (tertiary/aromatic N) is 3. The van der Waals surface area contributed by atoms with Gasteiger partial charge < -0.3 is 4.74 Å². The number of ether oxygens (including phenoxy) is 1. The Bertz CT molecular complexity index is 1010. The Kier molecular flexibility index (Phi) is 5.28. The molecule has 148 valence electrons. The zero-order chi connectivity index (χ0) is 19.8. The molecule has 1 fully saturated rings. The van der Waals surface area contributed by atoms with E-state index in [0.717, 1.165) is 0 Å². The van der Waals surface area contributed by atoms with Gasteiger partial charge in [-0.25, -0.2) is 4.98 Å². The van der Waals surface area contributed by atoms with Crippen LogP contribution in [0.2, 0.25) is 0 Å². The molecule has 1 unspecified atom stereocenters. The van der Waals surface area contributed by atoms with Crippen LogP contribution in [0.3, 0.4) is 0 Å². The standard InChI is InChI=1S/C14H20N6O6S/c1-7(2)12(21)18-14-17-11-10(13(22)19-14)15-6-20(11)9-4-3-8(26-9)5-16-27(23,24)25/h6-9,16H,3-5H2,1-2H3,(H,23,24,25)(H2,17,18,19,21,22)/t8?,9-/m1/s1. The summed E-state index contributed by atoms with van der Waals surface area (Å²) in [4.78, 5) is 34.8. The summed E-state index contributed by atoms with van der Waals surface area (Å²) in [7, 11) is -4.29. The van der Waals surface area contributed by atoms with Crippen molar-refractivity contribution in [1.82, 2.24) is 24.2 Å². The summed E-state index contributed by atoms with van der Waals surface area (Å²) in [6.45, 7) is 3.35. The smallest absolute Gasteiger partial charge is 0.333 e. The number of amides is 1. The van der Waals surface area contributed by atoms with Gasteiger partial charge in [-0.15, -0.1) is 0 Å². The van der Waals surface area contributed by atoms with E-state index < -0.39 is 28.2 Å². The van der Waals surface area contributed by atoms with Gasteiger partial charge in [0, 0.05) is 12.5 Å². The van der Waals surface area contributed by atoms with Crippen LogP contribution in [0.25, 0.3) is 11.2 Å². The molecule has 0 saturated carbocycles. The third-order valence-corrected chi connectivity index (χ3v) is 4.62. The minimum Gasteiger partial charge on any atom is -0.353 e. The topological polar surface area (TPSA) is 168 Å². The molecule has 1 aliphatic heterocycles. The fraction of sp³-hybridized carbons (Fsp3) is 0.571. The van der Waals surface area contributed by atoms with Crippen LogP contribution >= 0.6 is 0 Å². The van der Waals surface area contributed by atoms with E-state index in [2.05, 4.69) is 20.3 Å². The second kappa shape index (κ2) is 7.34. The van der Waals surface area contributed by atoms with E-state index in [4.69, 9.17) is 9.29 Å². The minimum absolute atomic E-state index is 0.00976. The Labute approximate surface area is 154 Å². The zero-order valence-electron chi connectivity index (χ0n) is 14.7. The maximum atomic E-state index is 12.2. The number of hydrogen-bond acceptors (Lipinski definition) is 7. The lowest BCUT2D eigenvalue weighted by atomic mass is 10.2. The molecule has 1 saturated heterocycles. The third kappa shape index (κ3) is 4.50. The number of anilines is 1. The van der Waals surface area contributed by atoms with Crippen LogP contribution in [0.1, 0.15) is 32.9 Å². The van der Waals surface area contributed by atoms with Crippen molar-refractivity contribution >= 4 is 33.3 Å². The SMILES string of the molecule is CC(C)C(=O)Nc1nc2c(ncn2[C@H]2CCC(CNS(=O)(=O)O)O2)c(=O)[nH]1. The van der Waals surface area contributed by atoms with E-state index in [1.165, 1.54) is 6.33 Å². The average Bonchev–Trinajstić information content (AvgIpc) is 3.18. The van der Waals surface area contributed by atoms with Crippen molar-refractivity contribution in [3.8, 4) is 0 Å². The van der Waals surface area contributed by atoms with Crippen LogP contribution in [0.4, 0.5) is 5.95 Å². The van der Waals surface area contributed by atoms with Crippen molar-refractivity contribution in [1.29, 1.82) is 0 Å². The summed E-state index contributed by atoms with van der Waals surface area (Å²) in [5.74, 6) is -0.572. The van der Waals surface area contributed by atoms with Crippen molar-refractivity contribution in [3.63, 3.8) is 0 Å². The summed E-state index contributed by atoms with van der Waals surface area (Å²) in [6.07, 6.45) is 1.52. The molecule has 1 aliphatic rings. The highest BCUT2D eigenvalue weighted by Crippen LogP contribution is 2.29. The predicted octanol–water partition coefficient (Wildman–Crippen LogP) is -0.216. The highest BCUT2D eigenvalue weighted by atomic mass is 32.2. The molecule has 1 amide bonds. The molecule has 13 heteroatoms. The molecule has 0 bridgehead atoms. The fourth-order valence-electron chi connectivity index (χ4n) is 2.70. The van der Waals surface area contributed by atoms with Gasteiger partial charge in [-0.3, -0.25) is 29.0 Å². The Hall–Kier alpha value is -2.35.